The van der Waals surface area contributed by atoms with E-state index in [1.54, 1.807) is 0 Å². The number of hydrogen-bond donors (Lipinski definition) is 0. The molecule has 0 atom stereocenters. The van der Waals surface area contributed by atoms with Crippen LogP contribution in [0.15, 0.2) is 24.3 Å². The smallest absolute Gasteiger partial charge is 0.328 e. The summed E-state index contributed by atoms with van der Waals surface area (Å²) in [6.45, 7) is 12.6. The van der Waals surface area contributed by atoms with Crippen LogP contribution in [0.5, 0.6) is 0 Å². The van der Waals surface area contributed by atoms with E-state index in [4.69, 9.17) is 8.85 Å². The summed E-state index contributed by atoms with van der Waals surface area (Å²) in [7, 11) is -1.71. The average Bonchev–Trinajstić information content (AvgIpc) is 2.55. The highest BCUT2D eigenvalue weighted by atomic mass is 28.3. The summed E-state index contributed by atoms with van der Waals surface area (Å²) >= 11 is 0. The van der Waals surface area contributed by atoms with E-state index in [0.29, 0.717) is 0 Å². The van der Waals surface area contributed by atoms with E-state index in [2.05, 4.69) is 58.9 Å². The van der Waals surface area contributed by atoms with E-state index in [1.807, 2.05) is 0 Å². The predicted octanol–water partition coefficient (Wildman–Crippen LogP) is 5.92. The molecule has 0 fully saturated rings. The van der Waals surface area contributed by atoms with Gasteiger partial charge < -0.3 is 8.85 Å². The summed E-state index contributed by atoms with van der Waals surface area (Å²) in [6, 6.07) is 0. The lowest BCUT2D eigenvalue weighted by atomic mass is 9.96. The first kappa shape index (κ1) is 21.6. The Morgan fingerprint density at radius 3 is 1.59 bits per heavy atom. The zero-order valence-corrected chi connectivity index (χ0v) is 16.7. The summed E-state index contributed by atoms with van der Waals surface area (Å²) in [5.74, 6) is 0. The van der Waals surface area contributed by atoms with Crippen LogP contribution >= 0.6 is 0 Å². The first-order valence-electron chi connectivity index (χ1n) is 9.16. The van der Waals surface area contributed by atoms with Gasteiger partial charge in [0.2, 0.25) is 0 Å². The van der Waals surface area contributed by atoms with Crippen LogP contribution < -0.4 is 0 Å². The van der Waals surface area contributed by atoms with E-state index in [0.717, 1.165) is 45.3 Å². The molecule has 0 aliphatic rings. The largest absolute Gasteiger partial charge is 0.396 e. The van der Waals surface area contributed by atoms with E-state index in [1.165, 1.54) is 12.8 Å². The Kier molecular flexibility index (Phi) is 14.0. The zero-order chi connectivity index (χ0) is 16.7. The monoisotopic (exact) mass is 326 g/mol. The maximum atomic E-state index is 6.33. The molecule has 0 aliphatic heterocycles. The number of unbranched alkanes of at least 4 members (excludes halogenated alkanes) is 2. The van der Waals surface area contributed by atoms with E-state index >= 15 is 0 Å². The molecule has 3 heteroatoms. The molecule has 0 bridgehead atoms. The second-order valence-corrected chi connectivity index (χ2v) is 8.60. The number of allylic oxidation sites excluding steroid dienone is 4. The van der Waals surface area contributed by atoms with Crippen molar-refractivity contribution >= 4 is 9.28 Å². The molecule has 0 radical (unpaired) electrons. The van der Waals surface area contributed by atoms with Crippen LogP contribution in [0.25, 0.3) is 0 Å². The molecule has 0 rings (SSSR count). The fraction of sp³-hybridized carbons (Fsp3) is 0.789. The molecular formula is C19H38O2Si. The third-order valence-corrected chi connectivity index (χ3v) is 7.22. The minimum Gasteiger partial charge on any atom is -0.396 e. The van der Waals surface area contributed by atoms with Crippen LogP contribution in [0.2, 0.25) is 5.04 Å². The lowest BCUT2D eigenvalue weighted by molar-refractivity contribution is 0.163. The average molecular weight is 327 g/mol. The third-order valence-electron chi connectivity index (χ3n) is 4.26. The Labute approximate surface area is 140 Å². The minimum atomic E-state index is -1.71. The van der Waals surface area contributed by atoms with Crippen molar-refractivity contribution in [2.75, 3.05) is 13.2 Å². The second kappa shape index (κ2) is 14.2. The SMILES string of the molecule is CC=CCC(CC)(CC=CC)[SiH](OCCCC)OCCCC. The molecule has 0 saturated carbocycles. The van der Waals surface area contributed by atoms with Crippen LogP contribution in [0.4, 0.5) is 0 Å². The molecule has 22 heavy (non-hydrogen) atoms. The molecule has 0 aromatic rings. The summed E-state index contributed by atoms with van der Waals surface area (Å²) in [4.78, 5) is 0. The second-order valence-electron chi connectivity index (χ2n) is 6.04. The van der Waals surface area contributed by atoms with Gasteiger partial charge >= 0.3 is 9.28 Å². The molecule has 2 nitrogen and oxygen atoms in total. The van der Waals surface area contributed by atoms with Crippen molar-refractivity contribution < 1.29 is 8.85 Å². The number of rotatable bonds is 14. The van der Waals surface area contributed by atoms with Crippen molar-refractivity contribution in [1.29, 1.82) is 0 Å². The standard InChI is InChI=1S/C19H38O2Si/c1-6-11-15-19(10-5,16-12-7-2)22(20-17-13-8-3)21-18-14-9-4/h6-7,11-12,22H,8-10,13-18H2,1-5H3. The highest BCUT2D eigenvalue weighted by molar-refractivity contribution is 6.48. The van der Waals surface area contributed by atoms with Gasteiger partial charge in [-0.1, -0.05) is 57.9 Å². The van der Waals surface area contributed by atoms with Crippen molar-refractivity contribution in [3.63, 3.8) is 0 Å². The Bertz CT molecular complexity index is 276. The first-order chi connectivity index (χ1) is 10.7. The molecule has 0 aromatic heterocycles. The van der Waals surface area contributed by atoms with E-state index < -0.39 is 9.28 Å². The molecule has 0 spiro atoms. The third kappa shape index (κ3) is 8.30. The molecule has 0 aliphatic carbocycles. The Balaban J connectivity index is 5.07. The maximum absolute atomic E-state index is 6.33. The van der Waals surface area contributed by atoms with Gasteiger partial charge in [0.05, 0.1) is 0 Å². The van der Waals surface area contributed by atoms with Gasteiger partial charge in [0, 0.05) is 18.3 Å². The van der Waals surface area contributed by atoms with Crippen molar-refractivity contribution in [1.82, 2.24) is 0 Å². The normalized spacial score (nSPS) is 15.2. The molecule has 0 amide bonds. The van der Waals surface area contributed by atoms with Gasteiger partial charge in [-0.05, 0) is 46.0 Å². The Morgan fingerprint density at radius 1 is 0.818 bits per heavy atom. The summed E-state index contributed by atoms with van der Waals surface area (Å²) in [5.41, 5.74) is 0. The summed E-state index contributed by atoms with van der Waals surface area (Å²) < 4.78 is 12.7. The Morgan fingerprint density at radius 2 is 1.27 bits per heavy atom. The van der Waals surface area contributed by atoms with Crippen molar-refractivity contribution in [2.24, 2.45) is 0 Å². The predicted molar refractivity (Wildman–Crippen MR) is 101 cm³/mol. The highest BCUT2D eigenvalue weighted by Crippen LogP contribution is 2.44. The Hall–Kier alpha value is -0.383. The van der Waals surface area contributed by atoms with Crippen molar-refractivity contribution in [3.8, 4) is 0 Å². The fourth-order valence-electron chi connectivity index (χ4n) is 2.51. The zero-order valence-electron chi connectivity index (χ0n) is 15.6. The van der Waals surface area contributed by atoms with Crippen LogP contribution in [0.1, 0.15) is 79.6 Å². The molecule has 0 N–H and O–H groups in total. The van der Waals surface area contributed by atoms with Crippen LogP contribution in [0.3, 0.4) is 0 Å². The van der Waals surface area contributed by atoms with Gasteiger partial charge in [-0.2, -0.15) is 0 Å². The topological polar surface area (TPSA) is 18.5 Å². The van der Waals surface area contributed by atoms with Crippen molar-refractivity contribution in [3.05, 3.63) is 24.3 Å². The van der Waals surface area contributed by atoms with Gasteiger partial charge in [0.1, 0.15) is 0 Å². The molecular weight excluding hydrogens is 288 g/mol. The summed E-state index contributed by atoms with van der Waals surface area (Å²) in [5, 5.41) is 0.181. The molecule has 130 valence electrons. The van der Waals surface area contributed by atoms with Gasteiger partial charge in [0.15, 0.2) is 0 Å². The maximum Gasteiger partial charge on any atom is 0.328 e. The molecule has 0 heterocycles. The quantitative estimate of drug-likeness (QED) is 0.224. The van der Waals surface area contributed by atoms with E-state index in [-0.39, 0.29) is 5.04 Å². The highest BCUT2D eigenvalue weighted by Gasteiger charge is 2.39. The fourth-order valence-corrected chi connectivity index (χ4v) is 5.06. The molecule has 0 unspecified atom stereocenters. The number of hydrogen-bond acceptors (Lipinski definition) is 2. The van der Waals surface area contributed by atoms with Crippen LogP contribution in [0, 0.1) is 0 Å². The van der Waals surface area contributed by atoms with Crippen LogP contribution in [-0.2, 0) is 8.85 Å². The first-order valence-corrected chi connectivity index (χ1v) is 10.7. The summed E-state index contributed by atoms with van der Waals surface area (Å²) in [6.07, 6.45) is 16.8. The molecule has 0 saturated heterocycles. The van der Waals surface area contributed by atoms with Gasteiger partial charge in [-0.3, -0.25) is 0 Å². The van der Waals surface area contributed by atoms with Crippen molar-refractivity contribution in [2.45, 2.75) is 84.6 Å². The minimum absolute atomic E-state index is 0.181. The van der Waals surface area contributed by atoms with Gasteiger partial charge in [-0.15, -0.1) is 0 Å². The van der Waals surface area contributed by atoms with E-state index in [9.17, 15) is 0 Å². The van der Waals surface area contributed by atoms with Gasteiger partial charge in [0.25, 0.3) is 0 Å². The van der Waals surface area contributed by atoms with Crippen LogP contribution in [-0.4, -0.2) is 22.5 Å². The lowest BCUT2D eigenvalue weighted by Gasteiger charge is -2.37. The van der Waals surface area contributed by atoms with Gasteiger partial charge in [-0.25, -0.2) is 0 Å². The molecule has 0 aromatic carbocycles. The lowest BCUT2D eigenvalue weighted by Crippen LogP contribution is -2.38.